The van der Waals surface area contributed by atoms with E-state index < -0.39 is 13.5 Å². The summed E-state index contributed by atoms with van der Waals surface area (Å²) in [5, 5.41) is 0. The Labute approximate surface area is 176 Å². The minimum Gasteiger partial charge on any atom is -0.0654 e. The molecular formula is C24H54P3+. The van der Waals surface area contributed by atoms with Gasteiger partial charge in [-0.3, -0.25) is 0 Å². The molecule has 0 aromatic rings. The van der Waals surface area contributed by atoms with Crippen LogP contribution in [0.3, 0.4) is 0 Å². The Bertz CT molecular complexity index is 326. The molecule has 0 unspecified atom stereocenters. The molecule has 0 rings (SSSR count). The number of hydrogen-bond donors (Lipinski definition) is 0. The highest BCUT2D eigenvalue weighted by molar-refractivity contribution is 8.45. The number of hydrogen-bond acceptors (Lipinski definition) is 0. The molecule has 0 N–H and O–H groups in total. The molecule has 0 radical (unpaired) electrons. The lowest BCUT2D eigenvalue weighted by Gasteiger charge is -2.31. The van der Waals surface area contributed by atoms with Gasteiger partial charge in [0.05, 0.1) is 33.0 Å². The Balaban J connectivity index is 6.02. The van der Waals surface area contributed by atoms with Crippen LogP contribution in [0.2, 0.25) is 0 Å². The lowest BCUT2D eigenvalue weighted by molar-refractivity contribution is 0.843. The van der Waals surface area contributed by atoms with Crippen LogP contribution < -0.4 is 0 Å². The van der Waals surface area contributed by atoms with Crippen LogP contribution in [-0.2, 0) is 0 Å². The van der Waals surface area contributed by atoms with Gasteiger partial charge >= 0.3 is 0 Å². The van der Waals surface area contributed by atoms with E-state index >= 15 is 0 Å². The molecule has 0 bridgehead atoms. The molecular weight excluding hydrogens is 381 g/mol. The first-order valence-electron chi connectivity index (χ1n) is 12.5. The van der Waals surface area contributed by atoms with Gasteiger partial charge in [-0.15, -0.1) is 0 Å². The van der Waals surface area contributed by atoms with Crippen LogP contribution in [0.25, 0.3) is 0 Å². The predicted molar refractivity (Wildman–Crippen MR) is 139 cm³/mol. The second kappa shape index (κ2) is 18.0. The number of unbranched alkanes of at least 4 members (excludes halogenated alkanes) is 6. The maximum Gasteiger partial charge on any atom is 0.0810 e. The van der Waals surface area contributed by atoms with E-state index in [1.807, 2.05) is 0 Å². The number of rotatable bonds is 19. The SMILES string of the molecule is CCCCP(CCCC)(CCCC)=P[P+](CCCC)(CCCC)CCCC. The largest absolute Gasteiger partial charge is 0.0810 e. The quantitative estimate of drug-likeness (QED) is 0.177. The van der Waals surface area contributed by atoms with Crippen molar-refractivity contribution >= 4 is 21.1 Å². The summed E-state index contributed by atoms with van der Waals surface area (Å²) in [6.45, 7) is 13.0. The molecule has 0 fully saturated rings. The summed E-state index contributed by atoms with van der Waals surface area (Å²) in [6.07, 6.45) is 27.2. The normalized spacial score (nSPS) is 12.8. The van der Waals surface area contributed by atoms with Crippen molar-refractivity contribution in [1.82, 2.24) is 0 Å². The molecule has 3 heteroatoms. The third kappa shape index (κ3) is 12.5. The van der Waals surface area contributed by atoms with E-state index in [1.54, 1.807) is 37.0 Å². The zero-order chi connectivity index (χ0) is 20.4. The standard InChI is InChI=1S/C24H54P3/c1-7-13-19-26(20-14-8-2,21-15-9-3)25-27(22-16-10-4,23-17-11-5)24-18-12-6/h7-24H2,1-6H3/q+1. The summed E-state index contributed by atoms with van der Waals surface area (Å²) in [7, 11) is 2.09. The van der Waals surface area contributed by atoms with E-state index in [-0.39, 0.29) is 0 Å². The molecule has 0 amide bonds. The highest BCUT2D eigenvalue weighted by Crippen LogP contribution is 2.81. The highest BCUT2D eigenvalue weighted by Gasteiger charge is 2.38. The molecule has 0 saturated carbocycles. The van der Waals surface area contributed by atoms with Gasteiger partial charge in [0.25, 0.3) is 0 Å². The van der Waals surface area contributed by atoms with Gasteiger partial charge in [-0.25, -0.2) is 0 Å². The molecule has 0 atom stereocenters. The molecule has 0 aromatic carbocycles. The topological polar surface area (TPSA) is 0 Å². The van der Waals surface area contributed by atoms with Gasteiger partial charge < -0.3 is 0 Å². The molecule has 0 heterocycles. The van der Waals surface area contributed by atoms with Crippen LogP contribution in [-0.4, -0.2) is 37.0 Å². The van der Waals surface area contributed by atoms with Crippen molar-refractivity contribution in [3.63, 3.8) is 0 Å². The van der Waals surface area contributed by atoms with Crippen molar-refractivity contribution < 1.29 is 0 Å². The van der Waals surface area contributed by atoms with Crippen molar-refractivity contribution in [2.24, 2.45) is 0 Å². The molecule has 0 aromatic heterocycles. The Morgan fingerprint density at radius 2 is 0.778 bits per heavy atom. The van der Waals surface area contributed by atoms with Crippen LogP contribution in [0.1, 0.15) is 119 Å². The Hall–Kier alpha value is 1.16. The van der Waals surface area contributed by atoms with E-state index in [9.17, 15) is 0 Å². The van der Waals surface area contributed by atoms with Gasteiger partial charge in [-0.1, -0.05) is 80.1 Å². The van der Waals surface area contributed by atoms with E-state index in [0.29, 0.717) is 0 Å². The molecule has 164 valence electrons. The fourth-order valence-electron chi connectivity index (χ4n) is 4.06. The van der Waals surface area contributed by atoms with E-state index in [1.165, 1.54) is 77.0 Å². The van der Waals surface area contributed by atoms with E-state index in [2.05, 4.69) is 49.1 Å². The lowest BCUT2D eigenvalue weighted by Crippen LogP contribution is -2.06. The van der Waals surface area contributed by atoms with Crippen molar-refractivity contribution in [3.05, 3.63) is 0 Å². The van der Waals surface area contributed by atoms with Crippen molar-refractivity contribution in [2.75, 3.05) is 37.0 Å². The summed E-state index contributed by atoms with van der Waals surface area (Å²) in [5.41, 5.74) is 0. The minimum absolute atomic E-state index is 0.766. The minimum atomic E-state index is -0.766. The monoisotopic (exact) mass is 435 g/mol. The smallest absolute Gasteiger partial charge is 0.0654 e. The second-order valence-electron chi connectivity index (χ2n) is 8.74. The average Bonchev–Trinajstić information content (AvgIpc) is 2.70. The fourth-order valence-corrected chi connectivity index (χ4v) is 30.8. The zero-order valence-electron chi connectivity index (χ0n) is 20.1. The Kier molecular flexibility index (Phi) is 18.7. The molecule has 27 heavy (non-hydrogen) atoms. The van der Waals surface area contributed by atoms with Gasteiger partial charge in [0.2, 0.25) is 0 Å². The summed E-state index contributed by atoms with van der Waals surface area (Å²) in [5.74, 6) is 0. The van der Waals surface area contributed by atoms with Crippen LogP contribution in [0.4, 0.5) is 0 Å². The van der Waals surface area contributed by atoms with Crippen molar-refractivity contribution in [2.45, 2.75) is 119 Å². The molecule has 0 aliphatic heterocycles. The maximum absolute atomic E-state index is 2.42. The third-order valence-corrected chi connectivity index (χ3v) is 26.3. The summed E-state index contributed by atoms with van der Waals surface area (Å²) in [6, 6.07) is 0. The Morgan fingerprint density at radius 1 is 0.481 bits per heavy atom. The predicted octanol–water partition coefficient (Wildman–Crippen LogP) is 10.6. The Morgan fingerprint density at radius 3 is 1.04 bits per heavy atom. The molecule has 0 nitrogen and oxygen atoms in total. The average molecular weight is 436 g/mol. The molecule has 0 aliphatic carbocycles. The van der Waals surface area contributed by atoms with Crippen molar-refractivity contribution in [1.29, 1.82) is 0 Å². The maximum atomic E-state index is 2.42. The van der Waals surface area contributed by atoms with Gasteiger partial charge in [0, 0.05) is 0 Å². The van der Waals surface area contributed by atoms with E-state index in [4.69, 9.17) is 0 Å². The summed E-state index contributed by atoms with van der Waals surface area (Å²) >= 11 is 0. The van der Waals surface area contributed by atoms with Gasteiger partial charge in [0.15, 0.2) is 0 Å². The van der Waals surface area contributed by atoms with Gasteiger partial charge in [0.1, 0.15) is 0 Å². The molecule has 0 aliphatic rings. The summed E-state index contributed by atoms with van der Waals surface area (Å²) < 4.78 is 0. The van der Waals surface area contributed by atoms with Crippen molar-refractivity contribution in [3.8, 4) is 0 Å². The van der Waals surface area contributed by atoms with Crippen LogP contribution in [0.5, 0.6) is 0 Å². The van der Waals surface area contributed by atoms with Crippen LogP contribution >= 0.6 is 21.1 Å². The summed E-state index contributed by atoms with van der Waals surface area (Å²) in [4.78, 5) is 0. The van der Waals surface area contributed by atoms with Crippen LogP contribution in [0.15, 0.2) is 0 Å². The fraction of sp³-hybridized carbons (Fsp3) is 1.00. The lowest BCUT2D eigenvalue weighted by atomic mass is 10.4. The molecule has 0 saturated heterocycles. The van der Waals surface area contributed by atoms with E-state index in [0.717, 1.165) is 0 Å². The first kappa shape index (κ1) is 28.2. The highest BCUT2D eigenvalue weighted by atomic mass is 32.3. The third-order valence-electron chi connectivity index (χ3n) is 5.95. The zero-order valence-corrected chi connectivity index (χ0v) is 22.8. The van der Waals surface area contributed by atoms with Crippen LogP contribution in [0, 0.1) is 0 Å². The van der Waals surface area contributed by atoms with Gasteiger partial charge in [-0.2, -0.15) is 0 Å². The van der Waals surface area contributed by atoms with Gasteiger partial charge in [-0.05, 0) is 63.6 Å². The molecule has 0 spiro atoms. The first-order valence-corrected chi connectivity index (χ1v) is 19.5. The second-order valence-corrected chi connectivity index (χ2v) is 23.2. The first-order chi connectivity index (χ1) is 13.1.